The molecule has 7 nitrogen and oxygen atoms in total. The van der Waals surface area contributed by atoms with Gasteiger partial charge in [0.05, 0.1) is 26.0 Å². The first kappa shape index (κ1) is 13.1. The number of likely N-dealkylation sites (tertiary alicyclic amines) is 1. The van der Waals surface area contributed by atoms with E-state index in [9.17, 15) is 4.79 Å². The van der Waals surface area contributed by atoms with E-state index in [1.807, 2.05) is 9.80 Å². The molecule has 2 aliphatic rings. The molecule has 108 valence electrons. The molecule has 0 radical (unpaired) electrons. The molecule has 0 bridgehead atoms. The monoisotopic (exact) mass is 278 g/mol. The summed E-state index contributed by atoms with van der Waals surface area (Å²) < 4.78 is 11.0. The van der Waals surface area contributed by atoms with Crippen LogP contribution in [-0.2, 0) is 4.74 Å². The maximum Gasteiger partial charge on any atom is 0.320 e. The average molecular weight is 278 g/mol. The summed E-state index contributed by atoms with van der Waals surface area (Å²) >= 11 is 0. The van der Waals surface area contributed by atoms with Crippen LogP contribution in [0.25, 0.3) is 0 Å². The Morgan fingerprint density at radius 3 is 2.85 bits per heavy atom. The molecule has 20 heavy (non-hydrogen) atoms. The molecule has 1 atom stereocenters. The van der Waals surface area contributed by atoms with E-state index in [2.05, 4.69) is 9.97 Å². The summed E-state index contributed by atoms with van der Waals surface area (Å²) in [7, 11) is 0. The third-order valence-corrected chi connectivity index (χ3v) is 3.52. The van der Waals surface area contributed by atoms with Crippen molar-refractivity contribution < 1.29 is 14.3 Å². The van der Waals surface area contributed by atoms with Crippen LogP contribution in [0.3, 0.4) is 0 Å². The third-order valence-electron chi connectivity index (χ3n) is 3.52. The minimum Gasteiger partial charge on any atom is -0.471 e. The van der Waals surface area contributed by atoms with Gasteiger partial charge < -0.3 is 19.3 Å². The van der Waals surface area contributed by atoms with Gasteiger partial charge in [-0.2, -0.15) is 0 Å². The van der Waals surface area contributed by atoms with Gasteiger partial charge in [-0.05, 0) is 0 Å². The first-order valence-electron chi connectivity index (χ1n) is 6.87. The molecule has 0 spiro atoms. The number of aromatic nitrogens is 2. The van der Waals surface area contributed by atoms with Gasteiger partial charge >= 0.3 is 6.03 Å². The summed E-state index contributed by atoms with van der Waals surface area (Å²) in [5, 5.41) is 0. The molecule has 0 aliphatic carbocycles. The molecule has 0 N–H and O–H groups in total. The van der Waals surface area contributed by atoms with Crippen molar-refractivity contribution in [1.29, 1.82) is 0 Å². The fraction of sp³-hybridized carbons (Fsp3) is 0.615. The summed E-state index contributed by atoms with van der Waals surface area (Å²) in [6.07, 6.45) is 5.62. The van der Waals surface area contributed by atoms with Gasteiger partial charge in [0.2, 0.25) is 5.88 Å². The van der Waals surface area contributed by atoms with Crippen LogP contribution in [0.5, 0.6) is 5.88 Å². The molecular formula is C13H18N4O3. The highest BCUT2D eigenvalue weighted by atomic mass is 16.5. The van der Waals surface area contributed by atoms with Crippen molar-refractivity contribution in [3.8, 4) is 5.88 Å². The molecule has 2 aliphatic heterocycles. The molecule has 0 saturated carbocycles. The predicted molar refractivity (Wildman–Crippen MR) is 70.4 cm³/mol. The molecule has 0 aromatic carbocycles. The summed E-state index contributed by atoms with van der Waals surface area (Å²) in [4.78, 5) is 24.0. The van der Waals surface area contributed by atoms with Crippen molar-refractivity contribution in [1.82, 2.24) is 19.8 Å². The molecular weight excluding hydrogens is 260 g/mol. The normalized spacial score (nSPS) is 22.9. The number of ether oxygens (including phenoxy) is 2. The van der Waals surface area contributed by atoms with Gasteiger partial charge in [-0.25, -0.2) is 9.78 Å². The maximum absolute atomic E-state index is 12.3. The highest BCUT2D eigenvalue weighted by molar-refractivity contribution is 5.74. The van der Waals surface area contributed by atoms with Gasteiger partial charge in [-0.15, -0.1) is 0 Å². The van der Waals surface area contributed by atoms with Crippen LogP contribution in [0.4, 0.5) is 4.79 Å². The summed E-state index contributed by atoms with van der Waals surface area (Å²) in [6, 6.07) is 0.0820. The lowest BCUT2D eigenvalue weighted by Gasteiger charge is -2.30. The molecule has 1 unspecified atom stereocenters. The molecule has 2 amide bonds. The Kier molecular flexibility index (Phi) is 3.96. The number of rotatable bonds is 2. The van der Waals surface area contributed by atoms with E-state index in [4.69, 9.17) is 9.47 Å². The van der Waals surface area contributed by atoms with E-state index in [1.165, 1.54) is 0 Å². The van der Waals surface area contributed by atoms with Gasteiger partial charge in [-0.3, -0.25) is 4.98 Å². The number of hydrogen-bond donors (Lipinski definition) is 0. The number of amides is 2. The highest BCUT2D eigenvalue weighted by Gasteiger charge is 2.31. The first-order chi connectivity index (χ1) is 9.83. The van der Waals surface area contributed by atoms with Crippen LogP contribution in [0.15, 0.2) is 18.6 Å². The third kappa shape index (κ3) is 2.98. The van der Waals surface area contributed by atoms with Crippen molar-refractivity contribution in [2.75, 3.05) is 39.4 Å². The molecule has 2 saturated heterocycles. The number of nitrogens with zero attached hydrogens (tertiary/aromatic N) is 4. The molecule has 2 fully saturated rings. The topological polar surface area (TPSA) is 67.8 Å². The molecule has 1 aromatic heterocycles. The van der Waals surface area contributed by atoms with Gasteiger partial charge in [0.1, 0.15) is 6.10 Å². The zero-order valence-corrected chi connectivity index (χ0v) is 11.3. The van der Waals surface area contributed by atoms with Crippen molar-refractivity contribution >= 4 is 6.03 Å². The second-order valence-corrected chi connectivity index (χ2v) is 4.90. The Morgan fingerprint density at radius 1 is 1.25 bits per heavy atom. The summed E-state index contributed by atoms with van der Waals surface area (Å²) in [6.45, 7) is 3.92. The first-order valence-corrected chi connectivity index (χ1v) is 6.87. The van der Waals surface area contributed by atoms with Gasteiger partial charge in [0, 0.05) is 38.4 Å². The molecule has 3 rings (SSSR count). The lowest BCUT2D eigenvalue weighted by molar-refractivity contribution is 0.0443. The lowest BCUT2D eigenvalue weighted by atomic mass is 10.3. The minimum atomic E-state index is -0.00306. The zero-order valence-electron chi connectivity index (χ0n) is 11.3. The van der Waals surface area contributed by atoms with Crippen LogP contribution >= 0.6 is 0 Å². The molecule has 1 aromatic rings. The number of carbonyl (C=O) groups is 1. The van der Waals surface area contributed by atoms with Gasteiger partial charge in [-0.1, -0.05) is 0 Å². The van der Waals surface area contributed by atoms with E-state index in [0.29, 0.717) is 38.7 Å². The summed E-state index contributed by atoms with van der Waals surface area (Å²) in [5.74, 6) is 0.512. The van der Waals surface area contributed by atoms with Gasteiger partial charge in [0.25, 0.3) is 0 Å². The maximum atomic E-state index is 12.3. The minimum absolute atomic E-state index is 0.00306. The largest absolute Gasteiger partial charge is 0.471 e. The average Bonchev–Trinajstić information content (AvgIpc) is 2.97. The van der Waals surface area contributed by atoms with Crippen LogP contribution in [0.1, 0.15) is 6.42 Å². The Labute approximate surface area is 117 Å². The summed E-state index contributed by atoms with van der Waals surface area (Å²) in [5.41, 5.74) is 0. The highest BCUT2D eigenvalue weighted by Crippen LogP contribution is 2.17. The second-order valence-electron chi connectivity index (χ2n) is 4.90. The van der Waals surface area contributed by atoms with E-state index >= 15 is 0 Å². The Balaban J connectivity index is 1.52. The van der Waals surface area contributed by atoms with Crippen LogP contribution in [0, 0.1) is 0 Å². The SMILES string of the molecule is O=C(N1CCOCC1)N1CCC(Oc2cnccn2)C1. The van der Waals surface area contributed by atoms with Crippen LogP contribution in [0.2, 0.25) is 0 Å². The number of morpholine rings is 1. The lowest BCUT2D eigenvalue weighted by Crippen LogP contribution is -2.47. The van der Waals surface area contributed by atoms with Crippen molar-refractivity contribution in [3.63, 3.8) is 0 Å². The zero-order chi connectivity index (χ0) is 13.8. The van der Waals surface area contributed by atoms with Crippen LogP contribution < -0.4 is 4.74 Å². The van der Waals surface area contributed by atoms with E-state index in [-0.39, 0.29) is 12.1 Å². The second kappa shape index (κ2) is 6.04. The fourth-order valence-corrected chi connectivity index (χ4v) is 2.47. The van der Waals surface area contributed by atoms with Crippen molar-refractivity contribution in [2.24, 2.45) is 0 Å². The van der Waals surface area contributed by atoms with Crippen molar-refractivity contribution in [2.45, 2.75) is 12.5 Å². The van der Waals surface area contributed by atoms with Crippen LogP contribution in [-0.4, -0.2) is 71.3 Å². The smallest absolute Gasteiger partial charge is 0.320 e. The Morgan fingerprint density at radius 2 is 2.10 bits per heavy atom. The van der Waals surface area contributed by atoms with E-state index in [1.54, 1.807) is 18.6 Å². The number of urea groups is 1. The Bertz CT molecular complexity index is 450. The Hall–Kier alpha value is -1.89. The molecule has 7 heteroatoms. The van der Waals surface area contributed by atoms with E-state index in [0.717, 1.165) is 13.0 Å². The van der Waals surface area contributed by atoms with Gasteiger partial charge in [0.15, 0.2) is 0 Å². The number of hydrogen-bond acceptors (Lipinski definition) is 5. The quantitative estimate of drug-likeness (QED) is 0.782. The number of carbonyl (C=O) groups excluding carboxylic acids is 1. The molecule has 3 heterocycles. The predicted octanol–water partition coefficient (Wildman–Crippen LogP) is 0.382. The van der Waals surface area contributed by atoms with Crippen molar-refractivity contribution in [3.05, 3.63) is 18.6 Å². The standard InChI is InChI=1S/C13H18N4O3/c18-13(16-5-7-19-8-6-16)17-4-1-11(10-17)20-12-9-14-2-3-15-12/h2-3,9,11H,1,4-8,10H2. The fourth-order valence-electron chi connectivity index (χ4n) is 2.47. The van der Waals surface area contributed by atoms with E-state index < -0.39 is 0 Å².